The van der Waals surface area contributed by atoms with Crippen LogP contribution in [0.5, 0.6) is 0 Å². The monoisotopic (exact) mass is 507 g/mol. The molecule has 1 aliphatic heterocycles. The minimum Gasteiger partial charge on any atom is -0.480 e. The highest BCUT2D eigenvalue weighted by molar-refractivity contribution is 7.98. The van der Waals surface area contributed by atoms with Gasteiger partial charge in [0.2, 0.25) is 5.91 Å². The van der Waals surface area contributed by atoms with E-state index in [1.54, 1.807) is 11.8 Å². The molecule has 196 valence electrons. The molecule has 8 nitrogen and oxygen atoms in total. The normalized spacial score (nSPS) is 17.9. The summed E-state index contributed by atoms with van der Waals surface area (Å²) < 4.78 is 5.47. The third-order valence-electron chi connectivity index (χ3n) is 5.81. The number of benzene rings is 1. The Morgan fingerprint density at radius 2 is 1.83 bits per heavy atom. The van der Waals surface area contributed by atoms with E-state index in [1.807, 2.05) is 51.3 Å². The molecule has 2 amide bonds. The van der Waals surface area contributed by atoms with E-state index in [2.05, 4.69) is 29.4 Å². The maximum absolute atomic E-state index is 13.4. The molecule has 0 aromatic heterocycles. The van der Waals surface area contributed by atoms with Gasteiger partial charge in [-0.05, 0) is 69.1 Å². The number of carboxylic acid groups (broad SMARTS) is 1. The van der Waals surface area contributed by atoms with Crippen LogP contribution in [0.4, 0.5) is 4.79 Å². The number of alkyl carbamates (subject to hydrolysis) is 1. The van der Waals surface area contributed by atoms with Crippen LogP contribution in [0.1, 0.15) is 58.6 Å². The van der Waals surface area contributed by atoms with Gasteiger partial charge in [0.1, 0.15) is 11.6 Å². The zero-order chi connectivity index (χ0) is 26.2. The molecule has 1 heterocycles. The van der Waals surface area contributed by atoms with Gasteiger partial charge in [-0.1, -0.05) is 38.1 Å². The van der Waals surface area contributed by atoms with E-state index in [9.17, 15) is 19.5 Å². The molecule has 9 heteroatoms. The van der Waals surface area contributed by atoms with Crippen LogP contribution in [0.3, 0.4) is 0 Å². The fraction of sp³-hybridized carbons (Fsp3) is 0.654. The van der Waals surface area contributed by atoms with Crippen molar-refractivity contribution in [1.82, 2.24) is 15.5 Å². The number of hydrogen-bond acceptors (Lipinski definition) is 6. The van der Waals surface area contributed by atoms with Gasteiger partial charge in [-0.2, -0.15) is 11.8 Å². The van der Waals surface area contributed by atoms with Gasteiger partial charge in [-0.25, -0.2) is 9.59 Å². The minimum atomic E-state index is -1.03. The maximum Gasteiger partial charge on any atom is 0.407 e. The molecule has 3 atom stereocenters. The van der Waals surface area contributed by atoms with Crippen LogP contribution < -0.4 is 10.6 Å². The van der Waals surface area contributed by atoms with Crippen molar-refractivity contribution in [3.05, 3.63) is 35.4 Å². The summed E-state index contributed by atoms with van der Waals surface area (Å²) in [6, 6.07) is 6.31. The van der Waals surface area contributed by atoms with Gasteiger partial charge >= 0.3 is 12.1 Å². The molecule has 0 bridgehead atoms. The lowest BCUT2D eigenvalue weighted by Gasteiger charge is -2.39. The molecule has 0 radical (unpaired) electrons. The average molecular weight is 508 g/mol. The molecule has 3 N–H and O–H groups in total. The fourth-order valence-electron chi connectivity index (χ4n) is 4.29. The largest absolute Gasteiger partial charge is 0.480 e. The number of amides is 2. The second kappa shape index (κ2) is 13.2. The Morgan fingerprint density at radius 1 is 1.17 bits per heavy atom. The van der Waals surface area contributed by atoms with E-state index >= 15 is 0 Å². The molecule has 0 fully saturated rings. The van der Waals surface area contributed by atoms with Crippen molar-refractivity contribution in [2.75, 3.05) is 18.6 Å². The number of carbonyl (C=O) groups excluding carboxylic acids is 2. The molecule has 1 aromatic rings. The summed E-state index contributed by atoms with van der Waals surface area (Å²) >= 11 is 1.55. The topological polar surface area (TPSA) is 108 Å². The second-order valence-corrected chi connectivity index (χ2v) is 11.6. The fourth-order valence-corrected chi connectivity index (χ4v) is 4.77. The first-order valence-electron chi connectivity index (χ1n) is 12.2. The lowest BCUT2D eigenvalue weighted by molar-refractivity contribution is -0.143. The van der Waals surface area contributed by atoms with E-state index in [0.29, 0.717) is 37.6 Å². The van der Waals surface area contributed by atoms with Gasteiger partial charge in [-0.3, -0.25) is 9.69 Å². The van der Waals surface area contributed by atoms with Gasteiger partial charge in [0.05, 0.1) is 6.04 Å². The summed E-state index contributed by atoms with van der Waals surface area (Å²) in [6.07, 6.45) is 2.99. The van der Waals surface area contributed by atoms with Crippen molar-refractivity contribution >= 4 is 29.7 Å². The second-order valence-electron chi connectivity index (χ2n) is 10.6. The Kier molecular flexibility index (Phi) is 10.9. The van der Waals surface area contributed by atoms with Gasteiger partial charge < -0.3 is 20.5 Å². The number of fused-ring (bicyclic) bond motifs is 1. The molecule has 3 unspecified atom stereocenters. The van der Waals surface area contributed by atoms with Gasteiger partial charge in [0.25, 0.3) is 0 Å². The number of thioether (sulfide) groups is 1. The minimum absolute atomic E-state index is 0.225. The molecular formula is C26H41N3O5S. The number of carboxylic acids is 1. The molecule has 0 spiro atoms. The van der Waals surface area contributed by atoms with E-state index < -0.39 is 29.7 Å². The molecule has 35 heavy (non-hydrogen) atoms. The lowest BCUT2D eigenvalue weighted by Crippen LogP contribution is -2.57. The number of hydrogen-bond donors (Lipinski definition) is 3. The Bertz CT molecular complexity index is 871. The first-order chi connectivity index (χ1) is 16.4. The highest BCUT2D eigenvalue weighted by atomic mass is 32.2. The summed E-state index contributed by atoms with van der Waals surface area (Å²) in [4.78, 5) is 39.7. The van der Waals surface area contributed by atoms with Crippen LogP contribution in [0.2, 0.25) is 0 Å². The van der Waals surface area contributed by atoms with Gasteiger partial charge in [-0.15, -0.1) is 0 Å². The average Bonchev–Trinajstić information content (AvgIpc) is 2.73. The molecule has 0 aliphatic carbocycles. The summed E-state index contributed by atoms with van der Waals surface area (Å²) in [5.74, 6) is -0.361. The van der Waals surface area contributed by atoms with Crippen molar-refractivity contribution in [2.45, 2.75) is 84.2 Å². The van der Waals surface area contributed by atoms with E-state index in [4.69, 9.17) is 4.74 Å². The SMILES string of the molecule is CSCCC(NC(=O)C1Cc2ccccc2CN1CC(CC(C)C)NC(=O)OC(C)(C)C)C(=O)O. The maximum atomic E-state index is 13.4. The highest BCUT2D eigenvalue weighted by Crippen LogP contribution is 2.25. The summed E-state index contributed by atoms with van der Waals surface area (Å²) in [5.41, 5.74) is 1.61. The third kappa shape index (κ3) is 9.72. The Balaban J connectivity index is 2.25. The first kappa shape index (κ1) is 29.0. The molecular weight excluding hydrogens is 466 g/mol. The molecule has 0 saturated heterocycles. The number of ether oxygens (including phenoxy) is 1. The quantitative estimate of drug-likeness (QED) is 0.419. The van der Waals surface area contributed by atoms with Crippen LogP contribution in [-0.4, -0.2) is 70.3 Å². The van der Waals surface area contributed by atoms with Crippen LogP contribution >= 0.6 is 11.8 Å². The summed E-state index contributed by atoms with van der Waals surface area (Å²) in [6.45, 7) is 10.6. The van der Waals surface area contributed by atoms with Crippen molar-refractivity contribution in [3.63, 3.8) is 0 Å². The van der Waals surface area contributed by atoms with E-state index in [0.717, 1.165) is 17.5 Å². The Morgan fingerprint density at radius 3 is 2.40 bits per heavy atom. The van der Waals surface area contributed by atoms with Crippen LogP contribution in [0, 0.1) is 5.92 Å². The van der Waals surface area contributed by atoms with Crippen LogP contribution in [-0.2, 0) is 27.3 Å². The van der Waals surface area contributed by atoms with Crippen LogP contribution in [0.15, 0.2) is 24.3 Å². The van der Waals surface area contributed by atoms with Gasteiger partial charge in [0.15, 0.2) is 0 Å². The number of nitrogens with zero attached hydrogens (tertiary/aromatic N) is 1. The molecule has 2 rings (SSSR count). The summed E-state index contributed by atoms with van der Waals surface area (Å²) in [5, 5.41) is 15.4. The number of nitrogens with one attached hydrogen (secondary N) is 2. The zero-order valence-corrected chi connectivity index (χ0v) is 22.6. The highest BCUT2D eigenvalue weighted by Gasteiger charge is 2.35. The number of aliphatic carboxylic acids is 1. The van der Waals surface area contributed by atoms with Crippen molar-refractivity contribution < 1.29 is 24.2 Å². The predicted molar refractivity (Wildman–Crippen MR) is 140 cm³/mol. The first-order valence-corrected chi connectivity index (χ1v) is 13.6. The molecule has 0 saturated carbocycles. The Hall–Kier alpha value is -2.26. The smallest absolute Gasteiger partial charge is 0.407 e. The number of rotatable bonds is 11. The third-order valence-corrected chi connectivity index (χ3v) is 6.45. The molecule has 1 aliphatic rings. The van der Waals surface area contributed by atoms with E-state index in [1.165, 1.54) is 0 Å². The molecule has 1 aromatic carbocycles. The summed E-state index contributed by atoms with van der Waals surface area (Å²) in [7, 11) is 0. The van der Waals surface area contributed by atoms with Crippen molar-refractivity contribution in [1.29, 1.82) is 0 Å². The predicted octanol–water partition coefficient (Wildman–Crippen LogP) is 3.68. The zero-order valence-electron chi connectivity index (χ0n) is 21.8. The van der Waals surface area contributed by atoms with Crippen molar-refractivity contribution in [2.24, 2.45) is 5.92 Å². The standard InChI is InChI=1S/C26H41N3O5S/c1-17(2)13-20(27-25(33)34-26(3,4)5)16-29-15-19-10-8-7-9-18(19)14-22(29)23(30)28-21(24(31)32)11-12-35-6/h7-10,17,20-22H,11-16H2,1-6H3,(H,27,33)(H,28,30)(H,31,32). The van der Waals surface area contributed by atoms with E-state index in [-0.39, 0.29) is 11.9 Å². The number of carbonyl (C=O) groups is 3. The Labute approximate surface area is 213 Å². The lowest BCUT2D eigenvalue weighted by atomic mass is 9.92. The van der Waals surface area contributed by atoms with Crippen molar-refractivity contribution in [3.8, 4) is 0 Å². The van der Waals surface area contributed by atoms with Crippen LogP contribution in [0.25, 0.3) is 0 Å². The van der Waals surface area contributed by atoms with Gasteiger partial charge in [0, 0.05) is 19.1 Å².